The summed E-state index contributed by atoms with van der Waals surface area (Å²) in [6, 6.07) is 0. The molecule has 0 fully saturated rings. The molecule has 2 aromatic heterocycles. The van der Waals surface area contributed by atoms with Gasteiger partial charge >= 0.3 is 6.18 Å². The molecule has 0 radical (unpaired) electrons. The molecule has 0 spiro atoms. The minimum Gasteiger partial charge on any atom is -0.243 e. The van der Waals surface area contributed by atoms with Crippen molar-refractivity contribution < 1.29 is 13.2 Å². The van der Waals surface area contributed by atoms with E-state index in [0.29, 0.717) is 5.69 Å². The third kappa shape index (κ3) is 1.95. The molecule has 7 heteroatoms. The topological polar surface area (TPSA) is 43.6 Å². The van der Waals surface area contributed by atoms with E-state index in [2.05, 4.69) is 15.1 Å². The van der Waals surface area contributed by atoms with Gasteiger partial charge in [-0.05, 0) is 0 Å². The molecule has 78 valence electrons. The van der Waals surface area contributed by atoms with E-state index < -0.39 is 11.7 Å². The van der Waals surface area contributed by atoms with Crippen molar-refractivity contribution in [3.05, 3.63) is 36.7 Å². The van der Waals surface area contributed by atoms with E-state index in [1.165, 1.54) is 18.7 Å². The highest BCUT2D eigenvalue weighted by Crippen LogP contribution is 2.28. The van der Waals surface area contributed by atoms with Gasteiger partial charge in [0, 0.05) is 6.20 Å². The molecule has 2 rings (SSSR count). The summed E-state index contributed by atoms with van der Waals surface area (Å²) < 4.78 is 37.8. The highest BCUT2D eigenvalue weighted by Gasteiger charge is 2.32. The van der Waals surface area contributed by atoms with E-state index in [4.69, 9.17) is 0 Å². The molecule has 2 aromatic rings. The molecule has 0 bridgehead atoms. The number of nitrogens with zero attached hydrogens (tertiary/aromatic N) is 4. The van der Waals surface area contributed by atoms with Crippen LogP contribution in [0.5, 0.6) is 0 Å². The maximum atomic E-state index is 12.2. The molecule has 0 saturated carbocycles. The van der Waals surface area contributed by atoms with E-state index >= 15 is 0 Å². The summed E-state index contributed by atoms with van der Waals surface area (Å²) in [5.74, 6) is 0. The van der Waals surface area contributed by atoms with Gasteiger partial charge in [0.05, 0.1) is 24.2 Å². The third-order valence-electron chi connectivity index (χ3n) is 1.72. The van der Waals surface area contributed by atoms with Gasteiger partial charge in [0.2, 0.25) is 0 Å². The molecular weight excluding hydrogens is 209 g/mol. The molecule has 0 aliphatic rings. The zero-order chi connectivity index (χ0) is 10.9. The zero-order valence-electron chi connectivity index (χ0n) is 7.31. The van der Waals surface area contributed by atoms with Crippen LogP contribution in [0.25, 0.3) is 5.69 Å². The van der Waals surface area contributed by atoms with Crippen molar-refractivity contribution in [3.63, 3.8) is 0 Å². The number of hydrogen-bond acceptors (Lipinski definition) is 3. The molecule has 2 heterocycles. The molecule has 0 atom stereocenters. The second kappa shape index (κ2) is 3.34. The van der Waals surface area contributed by atoms with Gasteiger partial charge < -0.3 is 0 Å². The Labute approximate surface area is 82.4 Å². The number of halogens is 3. The van der Waals surface area contributed by atoms with Gasteiger partial charge in [0.15, 0.2) is 0 Å². The first-order chi connectivity index (χ1) is 7.07. The third-order valence-corrected chi connectivity index (χ3v) is 1.72. The Kier molecular flexibility index (Phi) is 2.14. The minimum atomic E-state index is -4.38. The van der Waals surface area contributed by atoms with Crippen molar-refractivity contribution >= 4 is 0 Å². The Morgan fingerprint density at radius 3 is 2.27 bits per heavy atom. The SMILES string of the molecule is FC(F)(F)c1cnn(-c2cncnc2)c1. The number of aromatic nitrogens is 4. The second-order valence-electron chi connectivity index (χ2n) is 2.77. The van der Waals surface area contributed by atoms with E-state index in [-0.39, 0.29) is 0 Å². The summed E-state index contributed by atoms with van der Waals surface area (Å²) in [4.78, 5) is 7.36. The van der Waals surface area contributed by atoms with Crippen molar-refractivity contribution in [2.45, 2.75) is 6.18 Å². The highest BCUT2D eigenvalue weighted by molar-refractivity contribution is 5.25. The monoisotopic (exact) mass is 214 g/mol. The van der Waals surface area contributed by atoms with Crippen molar-refractivity contribution in [3.8, 4) is 5.69 Å². The smallest absolute Gasteiger partial charge is 0.243 e. The van der Waals surface area contributed by atoms with E-state index in [0.717, 1.165) is 17.1 Å². The number of alkyl halides is 3. The fraction of sp³-hybridized carbons (Fsp3) is 0.125. The van der Waals surface area contributed by atoms with E-state index in [9.17, 15) is 13.2 Å². The van der Waals surface area contributed by atoms with Crippen LogP contribution >= 0.6 is 0 Å². The van der Waals surface area contributed by atoms with Gasteiger partial charge in [-0.3, -0.25) is 0 Å². The summed E-state index contributed by atoms with van der Waals surface area (Å²) in [6.45, 7) is 0. The lowest BCUT2D eigenvalue weighted by Gasteiger charge is -2.01. The lowest BCUT2D eigenvalue weighted by molar-refractivity contribution is -0.137. The van der Waals surface area contributed by atoms with Gasteiger partial charge in [-0.1, -0.05) is 0 Å². The predicted molar refractivity (Wildman–Crippen MR) is 44.2 cm³/mol. The van der Waals surface area contributed by atoms with Crippen LogP contribution in [0, 0.1) is 0 Å². The average molecular weight is 214 g/mol. The molecule has 0 N–H and O–H groups in total. The standard InChI is InChI=1S/C8H5F3N4/c9-8(10,11)6-1-14-15(4-6)7-2-12-5-13-3-7/h1-5H. The summed E-state index contributed by atoms with van der Waals surface area (Å²) in [7, 11) is 0. The van der Waals surface area contributed by atoms with Gasteiger partial charge in [0.1, 0.15) is 12.0 Å². The maximum Gasteiger partial charge on any atom is 0.419 e. The van der Waals surface area contributed by atoms with Crippen molar-refractivity contribution in [1.29, 1.82) is 0 Å². The molecule has 0 aliphatic heterocycles. The van der Waals surface area contributed by atoms with Crippen LogP contribution in [-0.2, 0) is 6.18 Å². The van der Waals surface area contributed by atoms with Gasteiger partial charge in [0.25, 0.3) is 0 Å². The lowest BCUT2D eigenvalue weighted by atomic mass is 10.3. The van der Waals surface area contributed by atoms with Crippen LogP contribution < -0.4 is 0 Å². The van der Waals surface area contributed by atoms with Crippen molar-refractivity contribution in [1.82, 2.24) is 19.7 Å². The van der Waals surface area contributed by atoms with Crippen molar-refractivity contribution in [2.24, 2.45) is 0 Å². The highest BCUT2D eigenvalue weighted by atomic mass is 19.4. The molecular formula is C8H5F3N4. The fourth-order valence-electron chi connectivity index (χ4n) is 1.02. The summed E-state index contributed by atoms with van der Waals surface area (Å²) in [5, 5.41) is 3.57. The Bertz CT molecular complexity index is 448. The lowest BCUT2D eigenvalue weighted by Crippen LogP contribution is -2.03. The summed E-state index contributed by atoms with van der Waals surface area (Å²) in [5.41, 5.74) is -0.417. The van der Waals surface area contributed by atoms with Crippen LogP contribution in [0.1, 0.15) is 5.56 Å². The Balaban J connectivity index is 2.37. The Morgan fingerprint density at radius 2 is 1.73 bits per heavy atom. The first-order valence-electron chi connectivity index (χ1n) is 3.94. The van der Waals surface area contributed by atoms with E-state index in [1.807, 2.05) is 0 Å². The molecule has 0 unspecified atom stereocenters. The largest absolute Gasteiger partial charge is 0.419 e. The molecule has 0 amide bonds. The van der Waals surface area contributed by atoms with Crippen LogP contribution in [-0.4, -0.2) is 19.7 Å². The quantitative estimate of drug-likeness (QED) is 0.725. The zero-order valence-corrected chi connectivity index (χ0v) is 7.31. The average Bonchev–Trinajstić information content (AvgIpc) is 2.67. The summed E-state index contributed by atoms with van der Waals surface area (Å²) in [6.07, 6.45) is 1.30. The number of hydrogen-bond donors (Lipinski definition) is 0. The van der Waals surface area contributed by atoms with E-state index in [1.54, 1.807) is 0 Å². The number of rotatable bonds is 1. The predicted octanol–water partition coefficient (Wildman–Crippen LogP) is 1.68. The normalized spacial score (nSPS) is 11.7. The van der Waals surface area contributed by atoms with Crippen LogP contribution in [0.3, 0.4) is 0 Å². The molecule has 0 aliphatic carbocycles. The molecule has 0 aromatic carbocycles. The molecule has 4 nitrogen and oxygen atoms in total. The Morgan fingerprint density at radius 1 is 1.07 bits per heavy atom. The van der Waals surface area contributed by atoms with Crippen molar-refractivity contribution in [2.75, 3.05) is 0 Å². The Hall–Kier alpha value is -1.92. The van der Waals surface area contributed by atoms with Gasteiger partial charge in [-0.15, -0.1) is 0 Å². The van der Waals surface area contributed by atoms with Gasteiger partial charge in [-0.25, -0.2) is 14.6 Å². The molecule has 0 saturated heterocycles. The first-order valence-corrected chi connectivity index (χ1v) is 3.94. The summed E-state index contributed by atoms with van der Waals surface area (Å²) >= 11 is 0. The fourth-order valence-corrected chi connectivity index (χ4v) is 1.02. The molecule has 15 heavy (non-hydrogen) atoms. The first kappa shape index (κ1) is 9.63. The maximum absolute atomic E-state index is 12.2. The van der Waals surface area contributed by atoms with Crippen LogP contribution in [0.15, 0.2) is 31.1 Å². The van der Waals surface area contributed by atoms with Crippen LogP contribution in [0.4, 0.5) is 13.2 Å². The second-order valence-corrected chi connectivity index (χ2v) is 2.77. The van der Waals surface area contributed by atoms with Gasteiger partial charge in [-0.2, -0.15) is 18.3 Å². The minimum absolute atomic E-state index is 0.382. The van der Waals surface area contributed by atoms with Crippen LogP contribution in [0.2, 0.25) is 0 Å².